The van der Waals surface area contributed by atoms with Gasteiger partial charge >= 0.3 is 5.97 Å². The van der Waals surface area contributed by atoms with Gasteiger partial charge in [0.1, 0.15) is 5.75 Å². The molecule has 0 amide bonds. The molecule has 6 nitrogen and oxygen atoms in total. The van der Waals surface area contributed by atoms with Gasteiger partial charge in [-0.25, -0.2) is 4.79 Å². The number of carboxylic acid groups (broad SMARTS) is 1. The molecule has 5 rings (SSSR count). The quantitative estimate of drug-likeness (QED) is 0.522. The van der Waals surface area contributed by atoms with Gasteiger partial charge in [0.25, 0.3) is 0 Å². The van der Waals surface area contributed by atoms with Gasteiger partial charge in [0.15, 0.2) is 0 Å². The standard InChI is InChI=1S/C27H32N2O4/c1-16-12-24(32-2)22(20-8-10-28-26(16)20)15-29-11-9-19(21-14-25(21)33-3)13-23(29)17-4-6-18(7-5-17)27(30)31/h4-8,10,12,19,21,23,25,28H,9,11,13-15H2,1-3H3,(H,30,31)/t19-,21?,23-,25?/m0/s1. The third kappa shape index (κ3) is 4.13. The highest BCUT2D eigenvalue weighted by atomic mass is 16.5. The van der Waals surface area contributed by atoms with Crippen LogP contribution in [0.15, 0.2) is 42.6 Å². The molecule has 174 valence electrons. The highest BCUT2D eigenvalue weighted by Gasteiger charge is 2.46. The number of fused-ring (bicyclic) bond motifs is 1. The van der Waals surface area contributed by atoms with E-state index in [1.165, 1.54) is 22.1 Å². The van der Waals surface area contributed by atoms with Crippen molar-refractivity contribution in [3.05, 3.63) is 64.8 Å². The molecule has 2 N–H and O–H groups in total. The second-order valence-electron chi connectivity index (χ2n) is 9.51. The second kappa shape index (κ2) is 8.84. The topological polar surface area (TPSA) is 74.8 Å². The number of piperidine rings is 1. The molecule has 2 fully saturated rings. The van der Waals surface area contributed by atoms with Gasteiger partial charge in [-0.3, -0.25) is 4.90 Å². The Kier molecular flexibility index (Phi) is 5.89. The fourth-order valence-electron chi connectivity index (χ4n) is 5.75. The van der Waals surface area contributed by atoms with E-state index in [1.54, 1.807) is 19.2 Å². The van der Waals surface area contributed by atoms with Crippen molar-refractivity contribution in [3.8, 4) is 5.75 Å². The lowest BCUT2D eigenvalue weighted by molar-refractivity contribution is 0.0695. The molecule has 1 aliphatic carbocycles. The number of aryl methyl sites for hydroxylation is 1. The maximum Gasteiger partial charge on any atom is 0.335 e. The van der Waals surface area contributed by atoms with Crippen molar-refractivity contribution in [1.29, 1.82) is 0 Å². The third-order valence-corrected chi connectivity index (χ3v) is 7.68. The van der Waals surface area contributed by atoms with Crippen LogP contribution in [0.25, 0.3) is 10.9 Å². The Morgan fingerprint density at radius 3 is 2.64 bits per heavy atom. The summed E-state index contributed by atoms with van der Waals surface area (Å²) in [6.45, 7) is 3.88. The molecule has 0 spiro atoms. The number of hydrogen-bond acceptors (Lipinski definition) is 4. The highest BCUT2D eigenvalue weighted by Crippen LogP contribution is 2.48. The summed E-state index contributed by atoms with van der Waals surface area (Å²) in [5, 5.41) is 10.5. The zero-order valence-corrected chi connectivity index (χ0v) is 19.5. The number of carboxylic acids is 1. The number of aromatic nitrogens is 1. The number of likely N-dealkylation sites (tertiary alicyclic amines) is 1. The van der Waals surface area contributed by atoms with Gasteiger partial charge in [0, 0.05) is 42.4 Å². The van der Waals surface area contributed by atoms with Crippen molar-refractivity contribution in [1.82, 2.24) is 9.88 Å². The summed E-state index contributed by atoms with van der Waals surface area (Å²) >= 11 is 0. The van der Waals surface area contributed by atoms with Crippen LogP contribution in [0.4, 0.5) is 0 Å². The Hall–Kier alpha value is -2.83. The summed E-state index contributed by atoms with van der Waals surface area (Å²) in [4.78, 5) is 17.3. The maximum absolute atomic E-state index is 11.4. The van der Waals surface area contributed by atoms with Crippen LogP contribution in [0.2, 0.25) is 0 Å². The van der Waals surface area contributed by atoms with E-state index in [1.807, 2.05) is 25.4 Å². The molecular formula is C27H32N2O4. The zero-order valence-electron chi connectivity index (χ0n) is 19.5. The van der Waals surface area contributed by atoms with Crippen LogP contribution in [-0.2, 0) is 11.3 Å². The Labute approximate surface area is 194 Å². The van der Waals surface area contributed by atoms with Gasteiger partial charge in [0.05, 0.1) is 18.8 Å². The number of aromatic carboxylic acids is 1. The van der Waals surface area contributed by atoms with Crippen molar-refractivity contribution < 1.29 is 19.4 Å². The molecular weight excluding hydrogens is 416 g/mol. The molecule has 0 radical (unpaired) electrons. The van der Waals surface area contributed by atoms with Crippen molar-refractivity contribution in [2.24, 2.45) is 11.8 Å². The first-order valence-corrected chi connectivity index (χ1v) is 11.7. The summed E-state index contributed by atoms with van der Waals surface area (Å²) in [6, 6.07) is 11.9. The highest BCUT2D eigenvalue weighted by molar-refractivity contribution is 5.88. The molecule has 3 aromatic rings. The number of rotatable bonds is 7. The summed E-state index contributed by atoms with van der Waals surface area (Å²) in [5.41, 5.74) is 5.04. The van der Waals surface area contributed by atoms with Gasteiger partial charge in [-0.05, 0) is 80.0 Å². The van der Waals surface area contributed by atoms with Crippen LogP contribution in [0, 0.1) is 18.8 Å². The zero-order chi connectivity index (χ0) is 23.1. The molecule has 1 aromatic heterocycles. The second-order valence-corrected chi connectivity index (χ2v) is 9.51. The number of hydrogen-bond donors (Lipinski definition) is 2. The van der Waals surface area contributed by atoms with Crippen LogP contribution >= 0.6 is 0 Å². The summed E-state index contributed by atoms with van der Waals surface area (Å²) in [6.07, 6.45) is 5.75. The van der Waals surface area contributed by atoms with Crippen molar-refractivity contribution in [2.75, 3.05) is 20.8 Å². The number of aromatic amines is 1. The average Bonchev–Trinajstić information content (AvgIpc) is 3.46. The number of H-pyrrole nitrogens is 1. The van der Waals surface area contributed by atoms with E-state index < -0.39 is 5.97 Å². The largest absolute Gasteiger partial charge is 0.496 e. The van der Waals surface area contributed by atoms with Crippen LogP contribution in [0.5, 0.6) is 5.75 Å². The van der Waals surface area contributed by atoms with Crippen molar-refractivity contribution >= 4 is 16.9 Å². The van der Waals surface area contributed by atoms with E-state index in [4.69, 9.17) is 9.47 Å². The molecule has 2 unspecified atom stereocenters. The molecule has 2 aliphatic rings. The van der Waals surface area contributed by atoms with E-state index in [2.05, 4.69) is 28.9 Å². The predicted octanol–water partition coefficient (Wildman–Crippen LogP) is 5.17. The lowest BCUT2D eigenvalue weighted by atomic mass is 9.83. The summed E-state index contributed by atoms with van der Waals surface area (Å²) in [5.74, 6) is 1.30. The molecule has 1 saturated heterocycles. The number of methoxy groups -OCH3 is 2. The Bertz CT molecular complexity index is 1150. The fourth-order valence-corrected chi connectivity index (χ4v) is 5.75. The van der Waals surface area contributed by atoms with E-state index >= 15 is 0 Å². The molecule has 2 aromatic carbocycles. The molecule has 4 atom stereocenters. The number of nitrogens with one attached hydrogen (secondary N) is 1. The third-order valence-electron chi connectivity index (χ3n) is 7.68. The van der Waals surface area contributed by atoms with Gasteiger partial charge in [-0.15, -0.1) is 0 Å². The molecule has 2 heterocycles. The Morgan fingerprint density at radius 1 is 1.18 bits per heavy atom. The van der Waals surface area contributed by atoms with Crippen LogP contribution in [0.1, 0.15) is 52.4 Å². The number of carbonyl (C=O) groups is 1. The first-order valence-electron chi connectivity index (χ1n) is 11.7. The number of benzene rings is 2. The SMILES string of the molecule is COc1cc(C)c2[nH]ccc2c1CN1CC[C@H](C2CC2OC)C[C@H]1c1ccc(C(=O)O)cc1. The molecule has 6 heteroatoms. The molecule has 0 bridgehead atoms. The smallest absolute Gasteiger partial charge is 0.335 e. The Morgan fingerprint density at radius 2 is 1.97 bits per heavy atom. The van der Waals surface area contributed by atoms with E-state index in [-0.39, 0.29) is 6.04 Å². The lowest BCUT2D eigenvalue weighted by Crippen LogP contribution is -2.37. The maximum atomic E-state index is 11.4. The Balaban J connectivity index is 1.47. The van der Waals surface area contributed by atoms with Crippen LogP contribution in [-0.4, -0.2) is 47.8 Å². The lowest BCUT2D eigenvalue weighted by Gasteiger charge is -2.40. The molecule has 1 saturated carbocycles. The van der Waals surface area contributed by atoms with E-state index in [0.29, 0.717) is 23.5 Å². The fraction of sp³-hybridized carbons (Fsp3) is 0.444. The van der Waals surface area contributed by atoms with Crippen LogP contribution < -0.4 is 4.74 Å². The van der Waals surface area contributed by atoms with E-state index in [9.17, 15) is 9.90 Å². The number of ether oxygens (including phenoxy) is 2. The first kappa shape index (κ1) is 22.0. The molecule has 33 heavy (non-hydrogen) atoms. The monoisotopic (exact) mass is 448 g/mol. The van der Waals surface area contributed by atoms with Crippen LogP contribution in [0.3, 0.4) is 0 Å². The van der Waals surface area contributed by atoms with Gasteiger partial charge in [0.2, 0.25) is 0 Å². The average molecular weight is 449 g/mol. The predicted molar refractivity (Wildman–Crippen MR) is 128 cm³/mol. The van der Waals surface area contributed by atoms with Gasteiger partial charge < -0.3 is 19.6 Å². The normalized spacial score (nSPS) is 25.3. The van der Waals surface area contributed by atoms with Gasteiger partial charge in [-0.2, -0.15) is 0 Å². The van der Waals surface area contributed by atoms with Crippen molar-refractivity contribution in [3.63, 3.8) is 0 Å². The number of nitrogens with zero attached hydrogens (tertiary/aromatic N) is 1. The van der Waals surface area contributed by atoms with Gasteiger partial charge in [-0.1, -0.05) is 12.1 Å². The first-order chi connectivity index (χ1) is 16.0. The summed E-state index contributed by atoms with van der Waals surface area (Å²) < 4.78 is 11.4. The minimum absolute atomic E-state index is 0.227. The van der Waals surface area contributed by atoms with E-state index in [0.717, 1.165) is 43.6 Å². The van der Waals surface area contributed by atoms with Crippen molar-refractivity contribution in [2.45, 2.75) is 44.9 Å². The summed E-state index contributed by atoms with van der Waals surface area (Å²) in [7, 11) is 3.55. The minimum Gasteiger partial charge on any atom is -0.496 e. The molecule has 1 aliphatic heterocycles. The minimum atomic E-state index is -0.889.